The van der Waals surface area contributed by atoms with E-state index in [-0.39, 0.29) is 34.7 Å². The molecule has 0 spiro atoms. The molecule has 3 aromatic carbocycles. The molecule has 0 bridgehead atoms. The van der Waals surface area contributed by atoms with E-state index >= 15 is 0 Å². The van der Waals surface area contributed by atoms with Crippen LogP contribution in [0, 0.1) is 11.6 Å². The Labute approximate surface area is 218 Å². The molecular formula is C26H18F2N8O3. The predicted octanol–water partition coefficient (Wildman–Crippen LogP) is 4.86. The van der Waals surface area contributed by atoms with Crippen molar-refractivity contribution in [1.82, 2.24) is 30.0 Å². The van der Waals surface area contributed by atoms with Crippen LogP contribution in [0.2, 0.25) is 0 Å². The maximum atomic E-state index is 13.6. The summed E-state index contributed by atoms with van der Waals surface area (Å²) in [7, 11) is 0. The molecule has 1 unspecified atom stereocenters. The van der Waals surface area contributed by atoms with Gasteiger partial charge in [0.15, 0.2) is 29.0 Å². The van der Waals surface area contributed by atoms with E-state index in [9.17, 15) is 13.6 Å². The van der Waals surface area contributed by atoms with Crippen LogP contribution in [-0.4, -0.2) is 35.9 Å². The van der Waals surface area contributed by atoms with Crippen LogP contribution in [0.4, 0.5) is 20.3 Å². The molecule has 6 rings (SSSR count). The molecule has 3 N–H and O–H groups in total. The number of aromatic nitrogens is 6. The second-order valence-electron chi connectivity index (χ2n) is 8.59. The monoisotopic (exact) mass is 528 g/mol. The fraction of sp³-hybridized carbons (Fsp3) is 0.0769. The standard InChI is InChI=1S/C26H18F2N8O3/c1-13(36-20-8-3-2-7-19(20)31-24(36)21-22(29)34-39-33-21)25(37)30-16-6-4-5-14(11-16)23-32-26(38-35-23)15-9-10-17(27)18(28)12-15/h2-13H,1H3,(H2,29,34)(H,30,37). The van der Waals surface area contributed by atoms with Crippen molar-refractivity contribution in [2.75, 3.05) is 11.1 Å². The van der Waals surface area contributed by atoms with E-state index < -0.39 is 17.7 Å². The summed E-state index contributed by atoms with van der Waals surface area (Å²) >= 11 is 0. The number of para-hydroxylation sites is 2. The lowest BCUT2D eigenvalue weighted by atomic mass is 10.1. The second-order valence-corrected chi connectivity index (χ2v) is 8.59. The van der Waals surface area contributed by atoms with Crippen LogP contribution in [-0.2, 0) is 4.79 Å². The van der Waals surface area contributed by atoms with E-state index in [1.165, 1.54) is 6.07 Å². The highest BCUT2D eigenvalue weighted by Gasteiger charge is 2.26. The summed E-state index contributed by atoms with van der Waals surface area (Å²) in [5.74, 6) is -1.74. The van der Waals surface area contributed by atoms with Crippen molar-refractivity contribution >= 4 is 28.4 Å². The minimum atomic E-state index is -1.03. The lowest BCUT2D eigenvalue weighted by molar-refractivity contribution is -0.118. The molecule has 11 nitrogen and oxygen atoms in total. The number of hydrogen-bond donors (Lipinski definition) is 2. The summed E-state index contributed by atoms with van der Waals surface area (Å²) in [6.07, 6.45) is 0. The summed E-state index contributed by atoms with van der Waals surface area (Å²) in [5.41, 5.74) is 8.72. The van der Waals surface area contributed by atoms with E-state index in [1.54, 1.807) is 35.8 Å². The normalized spacial score (nSPS) is 12.1. The van der Waals surface area contributed by atoms with Crippen molar-refractivity contribution in [2.45, 2.75) is 13.0 Å². The fourth-order valence-electron chi connectivity index (χ4n) is 4.14. The third-order valence-electron chi connectivity index (χ3n) is 6.07. The first-order valence-electron chi connectivity index (χ1n) is 11.6. The van der Waals surface area contributed by atoms with Crippen LogP contribution < -0.4 is 11.1 Å². The zero-order valence-corrected chi connectivity index (χ0v) is 20.2. The zero-order chi connectivity index (χ0) is 27.1. The zero-order valence-electron chi connectivity index (χ0n) is 20.2. The van der Waals surface area contributed by atoms with E-state index in [4.69, 9.17) is 14.9 Å². The van der Waals surface area contributed by atoms with Gasteiger partial charge in [0.05, 0.1) is 11.0 Å². The van der Waals surface area contributed by atoms with Gasteiger partial charge in [-0.05, 0) is 59.7 Å². The van der Waals surface area contributed by atoms with Crippen molar-refractivity contribution in [3.05, 3.63) is 78.4 Å². The molecule has 1 atom stereocenters. The summed E-state index contributed by atoms with van der Waals surface area (Å²) in [6.45, 7) is 1.72. The maximum Gasteiger partial charge on any atom is 0.258 e. The van der Waals surface area contributed by atoms with Crippen LogP contribution >= 0.6 is 0 Å². The lowest BCUT2D eigenvalue weighted by Gasteiger charge is -2.17. The van der Waals surface area contributed by atoms with Gasteiger partial charge in [-0.15, -0.1) is 0 Å². The van der Waals surface area contributed by atoms with Crippen molar-refractivity contribution in [2.24, 2.45) is 0 Å². The van der Waals surface area contributed by atoms with Gasteiger partial charge in [-0.1, -0.05) is 29.4 Å². The molecular weight excluding hydrogens is 510 g/mol. The third-order valence-corrected chi connectivity index (χ3v) is 6.07. The van der Waals surface area contributed by atoms with Gasteiger partial charge < -0.3 is 20.1 Å². The number of rotatable bonds is 6. The number of nitrogens with zero attached hydrogens (tertiary/aromatic N) is 6. The number of nitrogens with two attached hydrogens (primary N) is 1. The molecule has 3 heterocycles. The number of amides is 1. The van der Waals surface area contributed by atoms with E-state index in [2.05, 4.69) is 30.8 Å². The SMILES string of the molecule is CC(C(=O)Nc1cccc(-c2noc(-c3ccc(F)c(F)c3)n2)c1)n1c(-c2nonc2N)nc2ccccc21. The first-order valence-corrected chi connectivity index (χ1v) is 11.6. The summed E-state index contributed by atoms with van der Waals surface area (Å²) in [5, 5.41) is 14.3. The molecule has 0 aliphatic carbocycles. The van der Waals surface area contributed by atoms with Crippen molar-refractivity contribution in [3.8, 4) is 34.4 Å². The number of benzene rings is 3. The van der Waals surface area contributed by atoms with Gasteiger partial charge in [0.25, 0.3) is 5.89 Å². The van der Waals surface area contributed by atoms with Gasteiger partial charge in [-0.25, -0.2) is 18.4 Å². The second kappa shape index (κ2) is 9.45. The van der Waals surface area contributed by atoms with Gasteiger partial charge in [-0.2, -0.15) is 4.98 Å². The smallest absolute Gasteiger partial charge is 0.258 e. The fourth-order valence-corrected chi connectivity index (χ4v) is 4.14. The minimum absolute atomic E-state index is 0.0214. The topological polar surface area (TPSA) is 151 Å². The number of nitrogens with one attached hydrogen (secondary N) is 1. The Kier molecular flexibility index (Phi) is 5.79. The first-order chi connectivity index (χ1) is 18.9. The number of imidazole rings is 1. The average Bonchev–Trinajstić information content (AvgIpc) is 3.68. The number of halogens is 2. The van der Waals surface area contributed by atoms with Crippen LogP contribution in [0.25, 0.3) is 45.4 Å². The molecule has 0 aliphatic heterocycles. The van der Waals surface area contributed by atoms with Crippen LogP contribution in [0.5, 0.6) is 0 Å². The summed E-state index contributed by atoms with van der Waals surface area (Å²) in [4.78, 5) is 22.3. The highest BCUT2D eigenvalue weighted by Crippen LogP contribution is 2.31. The van der Waals surface area contributed by atoms with E-state index in [0.717, 1.165) is 12.1 Å². The highest BCUT2D eigenvalue weighted by atomic mass is 19.2. The molecule has 0 saturated carbocycles. The Morgan fingerprint density at radius 2 is 1.79 bits per heavy atom. The Bertz CT molecular complexity index is 1840. The number of nitrogen functional groups attached to an aromatic ring is 1. The Balaban J connectivity index is 1.28. The summed E-state index contributed by atoms with van der Waals surface area (Å²) < 4.78 is 38.6. The average molecular weight is 528 g/mol. The molecule has 0 saturated heterocycles. The molecule has 1 amide bonds. The molecule has 0 aliphatic rings. The van der Waals surface area contributed by atoms with E-state index in [0.29, 0.717) is 28.1 Å². The predicted molar refractivity (Wildman–Crippen MR) is 136 cm³/mol. The number of anilines is 2. The Morgan fingerprint density at radius 3 is 2.59 bits per heavy atom. The molecule has 0 radical (unpaired) electrons. The molecule has 6 aromatic rings. The highest BCUT2D eigenvalue weighted by molar-refractivity contribution is 5.96. The van der Waals surface area contributed by atoms with Gasteiger partial charge in [0, 0.05) is 16.8 Å². The molecule has 194 valence electrons. The number of carbonyl (C=O) groups excluding carboxylic acids is 1. The minimum Gasteiger partial charge on any atom is -0.379 e. The van der Waals surface area contributed by atoms with Crippen molar-refractivity contribution < 1.29 is 22.7 Å². The van der Waals surface area contributed by atoms with Gasteiger partial charge >= 0.3 is 0 Å². The van der Waals surface area contributed by atoms with Gasteiger partial charge in [-0.3, -0.25) is 4.79 Å². The molecule has 3 aromatic heterocycles. The Hall–Kier alpha value is -5.46. The molecule has 39 heavy (non-hydrogen) atoms. The molecule has 0 fully saturated rings. The number of carbonyl (C=O) groups is 1. The third kappa shape index (κ3) is 4.35. The first kappa shape index (κ1) is 23.9. The van der Waals surface area contributed by atoms with Gasteiger partial charge in [0.1, 0.15) is 6.04 Å². The Morgan fingerprint density at radius 1 is 0.949 bits per heavy atom. The van der Waals surface area contributed by atoms with Crippen LogP contribution in [0.1, 0.15) is 13.0 Å². The quantitative estimate of drug-likeness (QED) is 0.309. The van der Waals surface area contributed by atoms with Gasteiger partial charge in [0.2, 0.25) is 11.7 Å². The van der Waals surface area contributed by atoms with Crippen LogP contribution in [0.3, 0.4) is 0 Å². The lowest BCUT2D eigenvalue weighted by Crippen LogP contribution is -2.24. The number of hydrogen-bond acceptors (Lipinski definition) is 9. The summed E-state index contributed by atoms with van der Waals surface area (Å²) in [6, 6.07) is 16.7. The molecule has 13 heteroatoms. The number of fused-ring (bicyclic) bond motifs is 1. The largest absolute Gasteiger partial charge is 0.379 e. The van der Waals surface area contributed by atoms with Crippen molar-refractivity contribution in [1.29, 1.82) is 0 Å². The van der Waals surface area contributed by atoms with Crippen molar-refractivity contribution in [3.63, 3.8) is 0 Å². The maximum absolute atomic E-state index is 13.6. The van der Waals surface area contributed by atoms with Crippen LogP contribution in [0.15, 0.2) is 75.9 Å². The van der Waals surface area contributed by atoms with E-state index in [1.807, 2.05) is 24.3 Å².